The molecule has 2 aliphatic carbocycles. The Kier molecular flexibility index (Phi) is 13.2. The van der Waals surface area contributed by atoms with E-state index in [1.54, 1.807) is 18.2 Å². The number of imidazole rings is 2. The van der Waals surface area contributed by atoms with Gasteiger partial charge in [0, 0.05) is 41.5 Å². The molecule has 2 fully saturated rings. The van der Waals surface area contributed by atoms with Gasteiger partial charge in [-0.25, -0.2) is 9.97 Å². The number of rotatable bonds is 18. The Hall–Kier alpha value is -3.77. The highest BCUT2D eigenvalue weighted by Gasteiger charge is 2.24. The molecule has 0 amide bonds. The van der Waals surface area contributed by atoms with E-state index in [0.717, 1.165) is 23.1 Å². The summed E-state index contributed by atoms with van der Waals surface area (Å²) in [5, 5.41) is 38.2. The Bertz CT molecular complexity index is 1910. The third-order valence-electron chi connectivity index (χ3n) is 9.16. The normalized spacial score (nSPS) is 14.6. The zero-order chi connectivity index (χ0) is 37.5. The van der Waals surface area contributed by atoms with Crippen molar-refractivity contribution in [3.63, 3.8) is 0 Å². The van der Waals surface area contributed by atoms with Gasteiger partial charge in [-0.2, -0.15) is 10.5 Å². The van der Waals surface area contributed by atoms with Crippen molar-refractivity contribution >= 4 is 38.2 Å². The number of aliphatic hydroxyl groups is 2. The predicted octanol–water partition coefficient (Wildman–Crippen LogP) is 7.00. The van der Waals surface area contributed by atoms with E-state index in [-0.39, 0.29) is 13.2 Å². The van der Waals surface area contributed by atoms with Crippen LogP contribution >= 0.6 is 0 Å². The molecule has 52 heavy (non-hydrogen) atoms. The third-order valence-corrected chi connectivity index (χ3v) is 12.6. The lowest BCUT2D eigenvalue weighted by Crippen LogP contribution is -2.22. The maximum Gasteiger partial charge on any atom is 0.139 e. The smallest absolute Gasteiger partial charge is 0.139 e. The van der Waals surface area contributed by atoms with Gasteiger partial charge in [0.2, 0.25) is 0 Å². The summed E-state index contributed by atoms with van der Waals surface area (Å²) in [6, 6.07) is 13.7. The number of hydrogen-bond donors (Lipinski definition) is 2. The Morgan fingerprint density at radius 1 is 0.673 bits per heavy atom. The molecule has 2 N–H and O–H groups in total. The maximum absolute atomic E-state index is 9.66. The van der Waals surface area contributed by atoms with Gasteiger partial charge >= 0.3 is 0 Å². The number of nitriles is 2. The van der Waals surface area contributed by atoms with Crippen LogP contribution in [0.1, 0.15) is 48.5 Å². The Labute approximate surface area is 308 Å². The molecule has 0 radical (unpaired) electrons. The number of ether oxygens (including phenoxy) is 4. The molecule has 0 saturated heterocycles. The summed E-state index contributed by atoms with van der Waals surface area (Å²) < 4.78 is 27.1. The van der Waals surface area contributed by atoms with Crippen LogP contribution in [0, 0.1) is 34.5 Å². The van der Waals surface area contributed by atoms with E-state index in [2.05, 4.69) is 61.4 Å². The summed E-state index contributed by atoms with van der Waals surface area (Å²) in [4.78, 5) is 8.94. The van der Waals surface area contributed by atoms with E-state index < -0.39 is 16.1 Å². The predicted molar refractivity (Wildman–Crippen MR) is 205 cm³/mol. The largest absolute Gasteiger partial charge is 0.492 e. The van der Waals surface area contributed by atoms with Crippen LogP contribution in [-0.2, 0) is 36.1 Å². The molecule has 2 aromatic carbocycles. The lowest BCUT2D eigenvalue weighted by molar-refractivity contribution is 0.0844. The molecule has 0 spiro atoms. The monoisotopic (exact) mass is 746 g/mol. The molecular weight excluding hydrogens is 693 g/mol. The molecule has 280 valence electrons. The van der Waals surface area contributed by atoms with Crippen LogP contribution in [0.2, 0.25) is 51.4 Å². The topological polar surface area (TPSA) is 161 Å². The minimum Gasteiger partial charge on any atom is -0.492 e. The molecule has 0 aliphatic heterocycles. The van der Waals surface area contributed by atoms with E-state index in [1.165, 1.54) is 25.7 Å². The first-order chi connectivity index (χ1) is 24.8. The summed E-state index contributed by atoms with van der Waals surface area (Å²) in [5.41, 5.74) is 3.98. The van der Waals surface area contributed by atoms with E-state index >= 15 is 0 Å². The van der Waals surface area contributed by atoms with Gasteiger partial charge in [0.05, 0.1) is 46.4 Å². The fraction of sp³-hybridized carbons (Fsp3) is 0.579. The van der Waals surface area contributed by atoms with Gasteiger partial charge in [-0.3, -0.25) is 0 Å². The van der Waals surface area contributed by atoms with Gasteiger partial charge in [0.1, 0.15) is 62.0 Å². The van der Waals surface area contributed by atoms with Gasteiger partial charge in [0.25, 0.3) is 0 Å². The molecule has 2 aliphatic rings. The molecule has 2 aromatic heterocycles. The summed E-state index contributed by atoms with van der Waals surface area (Å²) >= 11 is 0. The summed E-state index contributed by atoms with van der Waals surface area (Å²) in [5.74, 6) is 3.45. The van der Waals surface area contributed by atoms with Crippen LogP contribution in [0.3, 0.4) is 0 Å². The van der Waals surface area contributed by atoms with Crippen LogP contribution in [-0.4, -0.2) is 71.9 Å². The second-order valence-corrected chi connectivity index (χ2v) is 27.6. The molecule has 0 unspecified atom stereocenters. The number of hydrogen-bond acceptors (Lipinski definition) is 10. The van der Waals surface area contributed by atoms with Crippen molar-refractivity contribution in [3.05, 3.63) is 47.0 Å². The van der Waals surface area contributed by atoms with E-state index in [4.69, 9.17) is 18.9 Å². The van der Waals surface area contributed by atoms with Gasteiger partial charge in [0.15, 0.2) is 0 Å². The molecule has 6 rings (SSSR count). The first-order valence-electron chi connectivity index (χ1n) is 18.3. The average Bonchev–Trinajstić information content (AvgIpc) is 4.04. The lowest BCUT2D eigenvalue weighted by atomic mass is 10.2. The van der Waals surface area contributed by atoms with Crippen LogP contribution < -0.4 is 9.47 Å². The molecule has 0 atom stereocenters. The zero-order valence-electron chi connectivity index (χ0n) is 31.6. The SMILES string of the molecule is C[Si](C)(C)CCOCn1c(CO)nc2cc(C#N)c(OCC3CC3)cc21.C[Si](C)(C)CCOCn1c(CO)nc2cc(OCC3CC3)c(C#N)cc21. The van der Waals surface area contributed by atoms with Crippen LogP contribution in [0.5, 0.6) is 11.5 Å². The van der Waals surface area contributed by atoms with Crippen LogP contribution in [0.25, 0.3) is 22.1 Å². The average molecular weight is 747 g/mol. The minimum absolute atomic E-state index is 0.174. The van der Waals surface area contributed by atoms with Gasteiger partial charge in [-0.1, -0.05) is 39.3 Å². The van der Waals surface area contributed by atoms with Gasteiger partial charge < -0.3 is 38.3 Å². The first kappa shape index (κ1) is 39.4. The third kappa shape index (κ3) is 11.1. The molecular formula is C38H54N6O6Si2. The highest BCUT2D eigenvalue weighted by Crippen LogP contribution is 2.33. The fourth-order valence-electron chi connectivity index (χ4n) is 5.40. The summed E-state index contributed by atoms with van der Waals surface area (Å²) in [6.07, 6.45) is 4.79. The van der Waals surface area contributed by atoms with E-state index in [1.807, 2.05) is 15.2 Å². The molecule has 4 aromatic rings. The van der Waals surface area contributed by atoms with E-state index in [0.29, 0.717) is 97.0 Å². The van der Waals surface area contributed by atoms with Gasteiger partial charge in [-0.05, 0) is 61.7 Å². The van der Waals surface area contributed by atoms with Crippen molar-refractivity contribution < 1.29 is 29.2 Å². The number of nitrogens with zero attached hydrogens (tertiary/aromatic N) is 6. The highest BCUT2D eigenvalue weighted by atomic mass is 28.3. The molecule has 0 bridgehead atoms. The second kappa shape index (κ2) is 17.4. The number of aromatic nitrogens is 4. The van der Waals surface area contributed by atoms with Crippen molar-refractivity contribution in [1.82, 2.24) is 19.1 Å². The minimum atomic E-state index is -1.15. The number of aliphatic hydroxyl groups excluding tert-OH is 2. The number of benzene rings is 2. The molecule has 14 heteroatoms. The van der Waals surface area contributed by atoms with Crippen molar-refractivity contribution in [2.45, 2.75) is 104 Å². The summed E-state index contributed by atoms with van der Waals surface area (Å²) in [6.45, 7) is 16.9. The fourth-order valence-corrected chi connectivity index (χ4v) is 6.91. The Balaban J connectivity index is 0.000000201. The molecule has 12 nitrogen and oxygen atoms in total. The van der Waals surface area contributed by atoms with Crippen LogP contribution in [0.15, 0.2) is 24.3 Å². The van der Waals surface area contributed by atoms with Crippen molar-refractivity contribution in [2.24, 2.45) is 11.8 Å². The standard InChI is InChI=1S/2C19H27N3O3Si/c1-26(2,3)7-6-24-13-22-17-8-15(10-20)18(25-12-14-4-5-14)9-16(17)21-19(22)11-23;1-26(2,3)7-6-24-13-22-17-9-18(25-12-14-4-5-14)15(10-20)8-16(17)21-19(22)11-23/h2*8-9,14,23H,4-7,11-13H2,1-3H3. The van der Waals surface area contributed by atoms with Crippen molar-refractivity contribution in [3.8, 4) is 23.6 Å². The van der Waals surface area contributed by atoms with Crippen molar-refractivity contribution in [2.75, 3.05) is 26.4 Å². The molecule has 2 saturated carbocycles. The Morgan fingerprint density at radius 3 is 1.52 bits per heavy atom. The zero-order valence-corrected chi connectivity index (χ0v) is 33.6. The van der Waals surface area contributed by atoms with Crippen molar-refractivity contribution in [1.29, 1.82) is 10.5 Å². The van der Waals surface area contributed by atoms with Gasteiger partial charge in [-0.15, -0.1) is 0 Å². The first-order valence-corrected chi connectivity index (χ1v) is 25.7. The summed E-state index contributed by atoms with van der Waals surface area (Å²) in [7, 11) is -2.30. The second-order valence-electron chi connectivity index (χ2n) is 16.3. The maximum atomic E-state index is 9.66. The Morgan fingerprint density at radius 2 is 1.10 bits per heavy atom. The quantitative estimate of drug-likeness (QED) is 0.0801. The number of fused-ring (bicyclic) bond motifs is 2. The lowest BCUT2D eigenvalue weighted by Gasteiger charge is -2.16. The highest BCUT2D eigenvalue weighted by molar-refractivity contribution is 6.76. The molecule has 2 heterocycles. The van der Waals surface area contributed by atoms with Crippen LogP contribution in [0.4, 0.5) is 0 Å². The van der Waals surface area contributed by atoms with E-state index in [9.17, 15) is 20.7 Å².